The number of aliphatic carboxylic acids is 1. The van der Waals surface area contributed by atoms with Crippen LogP contribution in [-0.2, 0) is 16.1 Å². The van der Waals surface area contributed by atoms with Crippen LogP contribution in [0, 0.1) is 5.92 Å². The molecule has 1 amide bonds. The minimum atomic E-state index is -1.11. The molecule has 2 aromatic carbocycles. The molecule has 3 heterocycles. The van der Waals surface area contributed by atoms with Gasteiger partial charge in [0.1, 0.15) is 5.70 Å². The van der Waals surface area contributed by atoms with E-state index < -0.39 is 18.0 Å². The Hall–Kier alpha value is -3.51. The molecule has 31 heavy (non-hydrogen) atoms. The predicted molar refractivity (Wildman–Crippen MR) is 115 cm³/mol. The zero-order chi connectivity index (χ0) is 21.7. The van der Waals surface area contributed by atoms with Gasteiger partial charge in [0.25, 0.3) is 0 Å². The highest BCUT2D eigenvalue weighted by Crippen LogP contribution is 2.46. The molecule has 1 fully saturated rings. The van der Waals surface area contributed by atoms with Gasteiger partial charge in [-0.2, -0.15) is 0 Å². The van der Waals surface area contributed by atoms with Crippen LogP contribution < -0.4 is 4.57 Å². The van der Waals surface area contributed by atoms with Crippen LogP contribution in [0.3, 0.4) is 0 Å². The van der Waals surface area contributed by atoms with E-state index in [1.807, 2.05) is 42.6 Å². The highest BCUT2D eigenvalue weighted by molar-refractivity contribution is 6.06. The van der Waals surface area contributed by atoms with Crippen LogP contribution >= 0.6 is 0 Å². The molecular formula is C25H23N2O4+. The summed E-state index contributed by atoms with van der Waals surface area (Å²) in [5.41, 5.74) is 2.60. The van der Waals surface area contributed by atoms with Gasteiger partial charge in [-0.1, -0.05) is 42.5 Å². The fourth-order valence-corrected chi connectivity index (χ4v) is 4.83. The summed E-state index contributed by atoms with van der Waals surface area (Å²) < 4.78 is 2.12. The van der Waals surface area contributed by atoms with Crippen LogP contribution in [0.5, 0.6) is 0 Å². The fourth-order valence-electron chi connectivity index (χ4n) is 4.83. The van der Waals surface area contributed by atoms with Crippen LogP contribution in [0.2, 0.25) is 0 Å². The van der Waals surface area contributed by atoms with E-state index in [-0.39, 0.29) is 17.6 Å². The van der Waals surface area contributed by atoms with Gasteiger partial charge in [-0.25, -0.2) is 9.36 Å². The number of carbonyl (C=O) groups is 2. The normalized spacial score (nSPS) is 21.2. The maximum atomic E-state index is 12.4. The molecule has 6 nitrogen and oxygen atoms in total. The highest BCUT2D eigenvalue weighted by Gasteiger charge is 2.56. The molecule has 6 heteroatoms. The Bertz CT molecular complexity index is 1230. The number of benzene rings is 2. The lowest BCUT2D eigenvalue weighted by Crippen LogP contribution is -2.61. The van der Waals surface area contributed by atoms with Crippen LogP contribution in [0.4, 0.5) is 0 Å². The standard InChI is InChI=1S/C25H22N2O4/c1-15(28)22-21-12-20(23(25(30)31)27(21)24(22)29)18-8-6-16(7-9-18)13-26-11-10-17-4-2-3-5-19(17)14-26/h2-11,14-15,21-22,28H,12-13H2,1H3/p+1/t15-,21-,22-/m1/s1. The van der Waals surface area contributed by atoms with Crippen molar-refractivity contribution in [3.63, 3.8) is 0 Å². The number of pyridine rings is 1. The third kappa shape index (κ3) is 3.20. The lowest BCUT2D eigenvalue weighted by Gasteiger charge is -2.44. The summed E-state index contributed by atoms with van der Waals surface area (Å²) in [7, 11) is 0. The van der Waals surface area contributed by atoms with Gasteiger partial charge >= 0.3 is 5.97 Å². The Morgan fingerprint density at radius 2 is 1.84 bits per heavy atom. The number of fused-ring (bicyclic) bond motifs is 2. The number of β-lactam (4-membered cyclic amide) rings is 1. The van der Waals surface area contributed by atoms with E-state index in [2.05, 4.69) is 29.0 Å². The minimum absolute atomic E-state index is 0.0450. The monoisotopic (exact) mass is 415 g/mol. The maximum Gasteiger partial charge on any atom is 0.352 e. The molecule has 0 bridgehead atoms. The lowest BCUT2D eigenvalue weighted by molar-refractivity contribution is -0.687. The zero-order valence-electron chi connectivity index (χ0n) is 17.1. The van der Waals surface area contributed by atoms with Crippen LogP contribution in [-0.4, -0.2) is 39.1 Å². The molecule has 1 aromatic heterocycles. The second-order valence-electron chi connectivity index (χ2n) is 8.32. The fraction of sp³-hybridized carbons (Fsp3) is 0.240. The Kier molecular flexibility index (Phi) is 4.59. The Labute approximate surface area is 179 Å². The first-order valence-corrected chi connectivity index (χ1v) is 10.4. The molecule has 1 saturated heterocycles. The number of hydrogen-bond acceptors (Lipinski definition) is 3. The van der Waals surface area contributed by atoms with E-state index in [0.717, 1.165) is 11.1 Å². The molecule has 156 valence electrons. The Morgan fingerprint density at radius 1 is 1.13 bits per heavy atom. The average Bonchev–Trinajstić information content (AvgIpc) is 3.09. The molecule has 0 saturated carbocycles. The van der Waals surface area contributed by atoms with E-state index in [4.69, 9.17) is 0 Å². The summed E-state index contributed by atoms with van der Waals surface area (Å²) in [6, 6.07) is 17.8. The number of amides is 1. The molecular weight excluding hydrogens is 392 g/mol. The second-order valence-corrected chi connectivity index (χ2v) is 8.32. The van der Waals surface area contributed by atoms with Gasteiger partial charge in [0.05, 0.1) is 18.1 Å². The molecule has 3 aromatic rings. The first-order chi connectivity index (χ1) is 14.9. The molecule has 5 rings (SSSR count). The molecule has 0 aliphatic carbocycles. The van der Waals surface area contributed by atoms with Crippen LogP contribution in [0.25, 0.3) is 16.3 Å². The number of nitrogens with zero attached hydrogens (tertiary/aromatic N) is 2. The van der Waals surface area contributed by atoms with E-state index in [9.17, 15) is 19.8 Å². The number of aliphatic hydroxyl groups excluding tert-OH is 1. The summed E-state index contributed by atoms with van der Waals surface area (Å²) in [5.74, 6) is -1.95. The van der Waals surface area contributed by atoms with Gasteiger partial charge < -0.3 is 15.1 Å². The van der Waals surface area contributed by atoms with E-state index in [1.165, 1.54) is 15.7 Å². The number of aromatic nitrogens is 1. The van der Waals surface area contributed by atoms with Gasteiger partial charge in [-0.15, -0.1) is 0 Å². The zero-order valence-corrected chi connectivity index (χ0v) is 17.1. The van der Waals surface area contributed by atoms with Gasteiger partial charge in [0.2, 0.25) is 5.91 Å². The SMILES string of the molecule is C[C@@H](O)[C@H]1C(=O)N2C(C(=O)O)=C(c3ccc(C[n+]4ccc5ccccc5c4)cc3)C[C@H]12. The minimum Gasteiger partial charge on any atom is -0.477 e. The van der Waals surface area contributed by atoms with Crippen molar-refractivity contribution in [2.75, 3.05) is 0 Å². The number of hydrogen-bond donors (Lipinski definition) is 2. The van der Waals surface area contributed by atoms with Gasteiger partial charge in [-0.05, 0) is 35.9 Å². The number of rotatable bonds is 5. The lowest BCUT2D eigenvalue weighted by atomic mass is 9.82. The third-order valence-electron chi connectivity index (χ3n) is 6.35. The third-order valence-corrected chi connectivity index (χ3v) is 6.35. The molecule has 2 aliphatic rings. The van der Waals surface area contributed by atoms with Crippen molar-refractivity contribution in [3.05, 3.63) is 83.8 Å². The number of carbonyl (C=O) groups excluding carboxylic acids is 1. The molecule has 0 unspecified atom stereocenters. The Balaban J connectivity index is 1.40. The van der Waals surface area contributed by atoms with Crippen molar-refractivity contribution in [1.29, 1.82) is 0 Å². The van der Waals surface area contributed by atoms with E-state index in [1.54, 1.807) is 6.92 Å². The van der Waals surface area contributed by atoms with Crippen molar-refractivity contribution >= 4 is 28.2 Å². The first kappa shape index (κ1) is 19.5. The number of carboxylic acids is 1. The quantitative estimate of drug-likeness (QED) is 0.496. The summed E-state index contributed by atoms with van der Waals surface area (Å²) in [4.78, 5) is 25.6. The second kappa shape index (κ2) is 7.32. The van der Waals surface area contributed by atoms with Gasteiger partial charge in [0.15, 0.2) is 18.9 Å². The predicted octanol–water partition coefficient (Wildman–Crippen LogP) is 2.58. The van der Waals surface area contributed by atoms with Gasteiger partial charge in [-0.3, -0.25) is 4.79 Å². The largest absolute Gasteiger partial charge is 0.477 e. The summed E-state index contributed by atoms with van der Waals surface area (Å²) in [6.07, 6.45) is 3.81. The molecule has 0 radical (unpaired) electrons. The van der Waals surface area contributed by atoms with Crippen molar-refractivity contribution < 1.29 is 24.4 Å². The topological polar surface area (TPSA) is 81.7 Å². The smallest absolute Gasteiger partial charge is 0.352 e. The van der Waals surface area contributed by atoms with Crippen molar-refractivity contribution in [2.24, 2.45) is 5.92 Å². The molecule has 3 atom stereocenters. The molecule has 0 spiro atoms. The summed E-state index contributed by atoms with van der Waals surface area (Å²) in [6.45, 7) is 2.28. The van der Waals surface area contributed by atoms with Crippen molar-refractivity contribution in [1.82, 2.24) is 4.90 Å². The van der Waals surface area contributed by atoms with Gasteiger partial charge in [0, 0.05) is 17.0 Å². The van der Waals surface area contributed by atoms with E-state index in [0.29, 0.717) is 18.5 Å². The van der Waals surface area contributed by atoms with Crippen LogP contribution in [0.1, 0.15) is 24.5 Å². The summed E-state index contributed by atoms with van der Waals surface area (Å²) in [5, 5.41) is 22.0. The number of aliphatic hydroxyl groups is 1. The Morgan fingerprint density at radius 3 is 2.52 bits per heavy atom. The first-order valence-electron chi connectivity index (χ1n) is 10.4. The maximum absolute atomic E-state index is 12.4. The van der Waals surface area contributed by atoms with Crippen molar-refractivity contribution in [3.8, 4) is 0 Å². The molecule has 2 aliphatic heterocycles. The van der Waals surface area contributed by atoms with Crippen LogP contribution in [0.15, 0.2) is 72.7 Å². The highest BCUT2D eigenvalue weighted by atomic mass is 16.4. The number of carboxylic acid groups (broad SMARTS) is 1. The average molecular weight is 415 g/mol. The van der Waals surface area contributed by atoms with Crippen molar-refractivity contribution in [2.45, 2.75) is 32.0 Å². The van der Waals surface area contributed by atoms with E-state index >= 15 is 0 Å². The molecule has 2 N–H and O–H groups in total. The summed E-state index contributed by atoms with van der Waals surface area (Å²) >= 11 is 0.